The van der Waals surface area contributed by atoms with Crippen LogP contribution >= 0.6 is 0 Å². The van der Waals surface area contributed by atoms with Gasteiger partial charge >= 0.3 is 11.9 Å². The second-order valence-corrected chi connectivity index (χ2v) is 16.5. The van der Waals surface area contributed by atoms with Crippen molar-refractivity contribution in [3.05, 3.63) is 46.5 Å². The lowest BCUT2D eigenvalue weighted by Gasteiger charge is -2.62. The summed E-state index contributed by atoms with van der Waals surface area (Å²) in [7, 11) is 4.20. The zero-order valence-electron chi connectivity index (χ0n) is 29.2. The van der Waals surface area contributed by atoms with Gasteiger partial charge in [-0.25, -0.2) is 0 Å². The first kappa shape index (κ1) is 31.9. The Morgan fingerprint density at radius 3 is 2.16 bits per heavy atom. The van der Waals surface area contributed by atoms with Crippen molar-refractivity contribution >= 4 is 23.5 Å². The number of nitrogens with zero attached hydrogens (tertiary/aromatic N) is 2. The number of esters is 2. The Morgan fingerprint density at radius 2 is 1.43 bits per heavy atom. The second kappa shape index (κ2) is 10.9. The lowest BCUT2D eigenvalue weighted by atomic mass is 9.49. The lowest BCUT2D eigenvalue weighted by Crippen LogP contribution is -2.76. The van der Waals surface area contributed by atoms with Gasteiger partial charge in [0.25, 0.3) is 0 Å². The molecular weight excluding hydrogens is 652 g/mol. The van der Waals surface area contributed by atoms with Crippen molar-refractivity contribution in [2.75, 3.05) is 27.2 Å². The van der Waals surface area contributed by atoms with Crippen molar-refractivity contribution in [2.45, 2.75) is 118 Å². The minimum absolute atomic E-state index is 0.0157. The predicted molar refractivity (Wildman–Crippen MR) is 181 cm³/mol. The molecule has 10 rings (SSSR count). The molecule has 4 heterocycles. The van der Waals surface area contributed by atoms with Gasteiger partial charge in [0.15, 0.2) is 46.8 Å². The first-order chi connectivity index (χ1) is 24.6. The quantitative estimate of drug-likeness (QED) is 0.260. The van der Waals surface area contributed by atoms with Gasteiger partial charge < -0.3 is 33.9 Å². The van der Waals surface area contributed by atoms with Gasteiger partial charge in [-0.2, -0.15) is 0 Å². The summed E-state index contributed by atoms with van der Waals surface area (Å²) >= 11 is 0. The third kappa shape index (κ3) is 4.05. The maximum Gasteiger partial charge on any atom is 0.311 e. The fourth-order valence-corrected chi connectivity index (χ4v) is 12.1. The van der Waals surface area contributed by atoms with Gasteiger partial charge in [0.05, 0.1) is 11.0 Å². The van der Waals surface area contributed by atoms with Crippen LogP contribution in [0.15, 0.2) is 24.3 Å². The van der Waals surface area contributed by atoms with Crippen molar-refractivity contribution in [1.29, 1.82) is 0 Å². The summed E-state index contributed by atoms with van der Waals surface area (Å²) in [6.45, 7) is 1.65. The highest BCUT2D eigenvalue weighted by Crippen LogP contribution is 2.65. The molecule has 11 nitrogen and oxygen atoms in total. The van der Waals surface area contributed by atoms with Gasteiger partial charge in [-0.15, -0.1) is 0 Å². The number of ketones is 2. The summed E-state index contributed by atoms with van der Waals surface area (Å²) in [4.78, 5) is 57.2. The van der Waals surface area contributed by atoms with Gasteiger partial charge in [-0.1, -0.05) is 12.1 Å². The second-order valence-electron chi connectivity index (χ2n) is 16.5. The number of Topliss-reactive ketones (excluding diaryl/α,β-unsaturated/α-hetero) is 2. The molecule has 2 saturated carbocycles. The molecule has 8 aliphatic rings. The largest absolute Gasteiger partial charge is 0.477 e. The molecule has 4 aliphatic heterocycles. The SMILES string of the molecule is CN1CC[C@]23c4c5ccc(OC(=O)CCCCC(=O)Oc6ccc7c8c6O[C@H]6C(=O)CC[C@@]9(O)[C@@H](C7)N(C)CC[C@]869)c4O[C@H]2C(=O)CC[C@H]3[C@H]1C5. The first-order valence-corrected chi connectivity index (χ1v) is 18.8. The third-order valence-electron chi connectivity index (χ3n) is 14.3. The molecule has 2 aromatic carbocycles. The molecule has 4 fully saturated rings. The number of carbonyl (C=O) groups is 4. The first-order valence-electron chi connectivity index (χ1n) is 18.8. The molecule has 268 valence electrons. The van der Waals surface area contributed by atoms with Crippen molar-refractivity contribution in [3.8, 4) is 23.0 Å². The van der Waals surface area contributed by atoms with E-state index in [2.05, 4.69) is 16.8 Å². The van der Waals surface area contributed by atoms with Crippen LogP contribution in [0.5, 0.6) is 23.0 Å². The number of piperidine rings is 2. The van der Waals surface area contributed by atoms with Crippen molar-refractivity contribution in [2.24, 2.45) is 5.92 Å². The van der Waals surface area contributed by atoms with E-state index in [9.17, 15) is 24.3 Å². The van der Waals surface area contributed by atoms with Crippen LogP contribution in [0.3, 0.4) is 0 Å². The standard InChI is InChI=1S/C40H44N2O9/c1-41-17-15-38-23-9-10-25(43)36(38)50-34-27(11-7-21(32(34)38)19-24(23)41)48-30(45)5-3-4-6-31(46)49-28-12-8-22-20-29-40(47)14-13-26(44)37-39(40,16-18-42(29)2)33(22)35(28)51-37/h7-8,11-12,23-24,29,36-37,47H,3-6,9-10,13-20H2,1-2H3/t23-,24+,29+,36-,37-,38-,39-,40+/m0/s1. The number of hydrogen-bond acceptors (Lipinski definition) is 11. The summed E-state index contributed by atoms with van der Waals surface area (Å²) in [6, 6.07) is 7.80. The maximum atomic E-state index is 13.2. The minimum Gasteiger partial charge on any atom is -0.477 e. The Kier molecular flexibility index (Phi) is 6.80. The van der Waals surface area contributed by atoms with Crippen molar-refractivity contribution in [1.82, 2.24) is 9.80 Å². The molecule has 0 amide bonds. The van der Waals surface area contributed by atoms with Gasteiger partial charge in [0, 0.05) is 54.3 Å². The molecule has 4 bridgehead atoms. The summed E-state index contributed by atoms with van der Waals surface area (Å²) in [5, 5.41) is 12.2. The van der Waals surface area contributed by atoms with E-state index in [0.717, 1.165) is 49.0 Å². The van der Waals surface area contributed by atoms with E-state index >= 15 is 0 Å². The monoisotopic (exact) mass is 696 g/mol. The molecule has 0 radical (unpaired) electrons. The number of ether oxygens (including phenoxy) is 4. The highest BCUT2D eigenvalue weighted by molar-refractivity contribution is 5.91. The van der Waals surface area contributed by atoms with Gasteiger partial charge in [-0.05, 0) is 108 Å². The smallest absolute Gasteiger partial charge is 0.311 e. The van der Waals surface area contributed by atoms with Crippen LogP contribution in [0.1, 0.15) is 86.5 Å². The summed E-state index contributed by atoms with van der Waals surface area (Å²) < 4.78 is 24.5. The molecule has 2 saturated heterocycles. The normalized spacial score (nSPS) is 36.5. The van der Waals surface area contributed by atoms with Crippen LogP contribution in [-0.4, -0.2) is 95.5 Å². The Hall–Kier alpha value is -3.80. The Labute approximate surface area is 296 Å². The van der Waals surface area contributed by atoms with Crippen molar-refractivity contribution in [3.63, 3.8) is 0 Å². The predicted octanol–water partition coefficient (Wildman–Crippen LogP) is 3.35. The van der Waals surface area contributed by atoms with Crippen molar-refractivity contribution < 1.29 is 43.2 Å². The fraction of sp³-hybridized carbons (Fsp3) is 0.600. The van der Waals surface area contributed by atoms with E-state index in [-0.39, 0.29) is 48.0 Å². The average Bonchev–Trinajstić information content (AvgIpc) is 3.66. The van der Waals surface area contributed by atoms with Crippen LogP contribution in [0.2, 0.25) is 0 Å². The van der Waals surface area contributed by atoms with Gasteiger partial charge in [-0.3, -0.25) is 19.2 Å². The van der Waals surface area contributed by atoms with Crippen LogP contribution in [0.4, 0.5) is 0 Å². The van der Waals surface area contributed by atoms with E-state index in [1.807, 2.05) is 19.2 Å². The number of benzene rings is 2. The van der Waals surface area contributed by atoms with E-state index in [0.29, 0.717) is 67.7 Å². The van der Waals surface area contributed by atoms with Crippen LogP contribution in [0, 0.1) is 5.92 Å². The number of likely N-dealkylation sites (N-methyl/N-ethyl adjacent to an activating group) is 2. The summed E-state index contributed by atoms with van der Waals surface area (Å²) in [5.74, 6) is 1.22. The maximum absolute atomic E-state index is 13.2. The van der Waals surface area contributed by atoms with E-state index in [1.165, 1.54) is 5.56 Å². The van der Waals surface area contributed by atoms with Crippen LogP contribution in [0.25, 0.3) is 0 Å². The number of rotatable bonds is 7. The zero-order valence-corrected chi connectivity index (χ0v) is 29.2. The topological polar surface area (TPSA) is 132 Å². The van der Waals surface area contributed by atoms with Crippen LogP contribution in [-0.2, 0) is 42.8 Å². The number of unbranched alkanes of at least 4 members (excludes halogenated alkanes) is 1. The number of aliphatic hydroxyl groups is 1. The molecule has 1 N–H and O–H groups in total. The average molecular weight is 697 g/mol. The molecule has 2 aromatic rings. The lowest BCUT2D eigenvalue weighted by molar-refractivity contribution is -0.185. The molecule has 4 aliphatic carbocycles. The van der Waals surface area contributed by atoms with Gasteiger partial charge in [0.2, 0.25) is 0 Å². The fourth-order valence-electron chi connectivity index (χ4n) is 12.1. The number of hydrogen-bond donors (Lipinski definition) is 1. The van der Waals surface area contributed by atoms with E-state index in [1.54, 1.807) is 12.1 Å². The van der Waals surface area contributed by atoms with Crippen LogP contribution < -0.4 is 18.9 Å². The Morgan fingerprint density at radius 1 is 0.804 bits per heavy atom. The molecule has 8 atom stereocenters. The summed E-state index contributed by atoms with van der Waals surface area (Å²) in [5.41, 5.74) is 1.87. The zero-order chi connectivity index (χ0) is 35.0. The highest BCUT2D eigenvalue weighted by Gasteiger charge is 2.73. The number of likely N-dealkylation sites (tertiary alicyclic amines) is 2. The highest BCUT2D eigenvalue weighted by atomic mass is 16.6. The molecule has 51 heavy (non-hydrogen) atoms. The Balaban J connectivity index is 0.804. The molecular formula is C40H44N2O9. The van der Waals surface area contributed by atoms with E-state index < -0.39 is 35.2 Å². The molecule has 11 heteroatoms. The van der Waals surface area contributed by atoms with Gasteiger partial charge in [0.1, 0.15) is 0 Å². The molecule has 2 spiro atoms. The Bertz CT molecular complexity index is 1930. The molecule has 0 unspecified atom stereocenters. The molecule has 0 aromatic heterocycles. The third-order valence-corrected chi connectivity index (χ3v) is 14.3. The number of carbonyl (C=O) groups excluding carboxylic acids is 4. The summed E-state index contributed by atoms with van der Waals surface area (Å²) in [6.07, 6.45) is 4.76. The van der Waals surface area contributed by atoms with E-state index in [4.69, 9.17) is 18.9 Å². The minimum atomic E-state index is -1.09.